The lowest BCUT2D eigenvalue weighted by Gasteiger charge is -2.08. The summed E-state index contributed by atoms with van der Waals surface area (Å²) in [6.45, 7) is 0.652. The van der Waals surface area contributed by atoms with Crippen LogP contribution >= 0.6 is 0 Å². The lowest BCUT2D eigenvalue weighted by molar-refractivity contribution is 0.357. The molecule has 1 N–H and O–H groups in total. The number of rotatable bonds is 0. The summed E-state index contributed by atoms with van der Waals surface area (Å²) in [5, 5.41) is 9.96. The lowest BCUT2D eigenvalue weighted by Crippen LogP contribution is -2.26. The van der Waals surface area contributed by atoms with Gasteiger partial charge in [-0.1, -0.05) is 0 Å². The Morgan fingerprint density at radius 3 is 3.00 bits per heavy atom. The molecule has 1 aliphatic rings. The Bertz CT molecular complexity index is 154. The van der Waals surface area contributed by atoms with Crippen LogP contribution in [0.2, 0.25) is 0 Å². The normalized spacial score (nSPS) is 18.0. The SMILES string of the molecule is CN1NC[C]=C1C#N. The van der Waals surface area contributed by atoms with Crippen molar-refractivity contribution >= 4 is 0 Å². The average molecular weight is 108 g/mol. The molecule has 0 amide bonds. The largest absolute Gasteiger partial charge is 0.301 e. The lowest BCUT2D eigenvalue weighted by atomic mass is 10.4. The second-order valence-corrected chi connectivity index (χ2v) is 1.53. The van der Waals surface area contributed by atoms with Crippen molar-refractivity contribution in [1.29, 1.82) is 5.26 Å². The quantitative estimate of drug-likeness (QED) is 0.461. The molecule has 8 heavy (non-hydrogen) atoms. The van der Waals surface area contributed by atoms with E-state index in [1.54, 1.807) is 12.1 Å². The van der Waals surface area contributed by atoms with E-state index >= 15 is 0 Å². The number of allylic oxidation sites excluding steroid dienone is 1. The fraction of sp³-hybridized carbons (Fsp3) is 0.400. The number of hydrogen-bond acceptors (Lipinski definition) is 3. The van der Waals surface area contributed by atoms with Gasteiger partial charge in [0.05, 0.1) is 0 Å². The Morgan fingerprint density at radius 2 is 2.75 bits per heavy atom. The maximum Gasteiger partial charge on any atom is 0.135 e. The molecule has 0 unspecified atom stereocenters. The first-order valence-electron chi connectivity index (χ1n) is 2.33. The number of nitriles is 1. The number of hydrogen-bond donors (Lipinski definition) is 1. The summed E-state index contributed by atoms with van der Waals surface area (Å²) < 4.78 is 0. The second kappa shape index (κ2) is 1.85. The highest BCUT2D eigenvalue weighted by Gasteiger charge is 2.07. The molecular formula is C5H6N3. The Labute approximate surface area is 48.2 Å². The van der Waals surface area contributed by atoms with Crippen LogP contribution in [0.15, 0.2) is 5.70 Å². The second-order valence-electron chi connectivity index (χ2n) is 1.53. The van der Waals surface area contributed by atoms with Crippen molar-refractivity contribution in [3.8, 4) is 6.07 Å². The summed E-state index contributed by atoms with van der Waals surface area (Å²) in [4.78, 5) is 0. The zero-order valence-electron chi connectivity index (χ0n) is 4.60. The third kappa shape index (κ3) is 0.658. The smallest absolute Gasteiger partial charge is 0.135 e. The minimum absolute atomic E-state index is 0.574. The molecule has 0 fully saturated rings. The van der Waals surface area contributed by atoms with Crippen molar-refractivity contribution in [2.24, 2.45) is 0 Å². The van der Waals surface area contributed by atoms with Gasteiger partial charge < -0.3 is 5.01 Å². The number of nitrogens with zero attached hydrogens (tertiary/aromatic N) is 2. The summed E-state index contributed by atoms with van der Waals surface area (Å²) in [5.74, 6) is 0. The van der Waals surface area contributed by atoms with E-state index in [9.17, 15) is 0 Å². The van der Waals surface area contributed by atoms with E-state index in [1.807, 2.05) is 6.07 Å². The number of nitrogens with one attached hydrogen (secondary N) is 1. The van der Waals surface area contributed by atoms with Gasteiger partial charge in [0.15, 0.2) is 0 Å². The van der Waals surface area contributed by atoms with Gasteiger partial charge in [-0.25, -0.2) is 5.43 Å². The minimum atomic E-state index is 0.574. The highest BCUT2D eigenvalue weighted by Crippen LogP contribution is 1.98. The minimum Gasteiger partial charge on any atom is -0.301 e. The maximum atomic E-state index is 8.31. The van der Waals surface area contributed by atoms with Gasteiger partial charge in [0, 0.05) is 19.7 Å². The van der Waals surface area contributed by atoms with Crippen molar-refractivity contribution in [2.45, 2.75) is 0 Å². The van der Waals surface area contributed by atoms with Crippen LogP contribution in [0.25, 0.3) is 0 Å². The van der Waals surface area contributed by atoms with Crippen molar-refractivity contribution in [2.75, 3.05) is 13.6 Å². The van der Waals surface area contributed by atoms with Gasteiger partial charge in [-0.15, -0.1) is 0 Å². The van der Waals surface area contributed by atoms with E-state index in [1.165, 1.54) is 0 Å². The molecule has 0 aromatic rings. The van der Waals surface area contributed by atoms with Gasteiger partial charge in [0.25, 0.3) is 0 Å². The Morgan fingerprint density at radius 1 is 2.00 bits per heavy atom. The first kappa shape index (κ1) is 5.13. The summed E-state index contributed by atoms with van der Waals surface area (Å²) in [5.41, 5.74) is 3.46. The molecule has 0 spiro atoms. The van der Waals surface area contributed by atoms with Crippen LogP contribution in [0, 0.1) is 17.4 Å². The van der Waals surface area contributed by atoms with E-state index < -0.39 is 0 Å². The molecule has 0 saturated heterocycles. The zero-order valence-corrected chi connectivity index (χ0v) is 4.60. The van der Waals surface area contributed by atoms with Crippen molar-refractivity contribution in [3.05, 3.63) is 11.8 Å². The van der Waals surface area contributed by atoms with Gasteiger partial charge in [0.1, 0.15) is 11.8 Å². The molecule has 1 aliphatic heterocycles. The molecule has 1 radical (unpaired) electrons. The molecule has 3 heteroatoms. The highest BCUT2D eigenvalue weighted by molar-refractivity contribution is 5.17. The summed E-state index contributed by atoms with van der Waals surface area (Å²) >= 11 is 0. The Hall–Kier alpha value is -1.01. The monoisotopic (exact) mass is 108 g/mol. The van der Waals surface area contributed by atoms with Crippen molar-refractivity contribution in [3.63, 3.8) is 0 Å². The number of hydrazine groups is 1. The summed E-state index contributed by atoms with van der Waals surface area (Å²) in [6.07, 6.45) is 2.83. The van der Waals surface area contributed by atoms with Crippen molar-refractivity contribution < 1.29 is 0 Å². The van der Waals surface area contributed by atoms with E-state index in [0.717, 1.165) is 0 Å². The topological polar surface area (TPSA) is 39.1 Å². The van der Waals surface area contributed by atoms with E-state index in [-0.39, 0.29) is 0 Å². The first-order chi connectivity index (χ1) is 3.84. The van der Waals surface area contributed by atoms with Gasteiger partial charge in [-0.05, 0) is 0 Å². The molecule has 41 valence electrons. The van der Waals surface area contributed by atoms with Crippen LogP contribution in [0.4, 0.5) is 0 Å². The Balaban J connectivity index is 2.66. The van der Waals surface area contributed by atoms with E-state index in [4.69, 9.17) is 5.26 Å². The fourth-order valence-electron chi connectivity index (χ4n) is 0.554. The molecule has 0 aliphatic carbocycles. The molecule has 0 aromatic heterocycles. The summed E-state index contributed by atoms with van der Waals surface area (Å²) in [6, 6.07) is 1.98. The van der Waals surface area contributed by atoms with Crippen LogP contribution in [0.5, 0.6) is 0 Å². The highest BCUT2D eigenvalue weighted by atomic mass is 15.5. The first-order valence-corrected chi connectivity index (χ1v) is 2.33. The zero-order chi connectivity index (χ0) is 5.98. The van der Waals surface area contributed by atoms with Crippen molar-refractivity contribution in [1.82, 2.24) is 10.4 Å². The predicted octanol–water partition coefficient (Wildman–Crippen LogP) is -0.353. The molecule has 0 bridgehead atoms. The molecular weight excluding hydrogens is 102 g/mol. The maximum absolute atomic E-state index is 8.31. The molecule has 0 atom stereocenters. The predicted molar refractivity (Wildman–Crippen MR) is 28.1 cm³/mol. The average Bonchev–Trinajstić information content (AvgIpc) is 2.14. The van der Waals surface area contributed by atoms with Crippen LogP contribution in [-0.2, 0) is 0 Å². The third-order valence-corrected chi connectivity index (χ3v) is 1.01. The van der Waals surface area contributed by atoms with Crippen LogP contribution in [0.3, 0.4) is 0 Å². The molecule has 1 heterocycles. The van der Waals surface area contributed by atoms with Gasteiger partial charge >= 0.3 is 0 Å². The molecule has 1 rings (SSSR count). The molecule has 0 saturated carbocycles. The van der Waals surface area contributed by atoms with E-state index in [0.29, 0.717) is 12.2 Å². The van der Waals surface area contributed by atoms with Crippen LogP contribution in [0.1, 0.15) is 0 Å². The standard InChI is InChI=1S/C5H6N3/c1-8-5(4-6)2-3-7-8/h7H,3H2,1H3. The fourth-order valence-corrected chi connectivity index (χ4v) is 0.554. The van der Waals surface area contributed by atoms with Crippen LogP contribution < -0.4 is 5.43 Å². The Kier molecular flexibility index (Phi) is 1.18. The summed E-state index contributed by atoms with van der Waals surface area (Å²) in [7, 11) is 1.79. The van der Waals surface area contributed by atoms with Gasteiger partial charge in [-0.2, -0.15) is 5.26 Å². The van der Waals surface area contributed by atoms with E-state index in [2.05, 4.69) is 11.5 Å². The molecule has 3 nitrogen and oxygen atoms in total. The molecule has 0 aromatic carbocycles. The van der Waals surface area contributed by atoms with Crippen LogP contribution in [-0.4, -0.2) is 18.6 Å². The van der Waals surface area contributed by atoms with Gasteiger partial charge in [-0.3, -0.25) is 0 Å². The van der Waals surface area contributed by atoms with Gasteiger partial charge in [0.2, 0.25) is 0 Å². The third-order valence-electron chi connectivity index (χ3n) is 1.01.